The summed E-state index contributed by atoms with van der Waals surface area (Å²) in [7, 11) is 0. The summed E-state index contributed by atoms with van der Waals surface area (Å²) < 4.78 is 11.9. The van der Waals surface area contributed by atoms with Crippen LogP contribution in [0, 0.1) is 11.8 Å². The van der Waals surface area contributed by atoms with E-state index in [-0.39, 0.29) is 25.0 Å². The van der Waals surface area contributed by atoms with Crippen molar-refractivity contribution >= 4 is 17.8 Å². The molecule has 33 heavy (non-hydrogen) atoms. The van der Waals surface area contributed by atoms with E-state index in [2.05, 4.69) is 6.58 Å². The van der Waals surface area contributed by atoms with Gasteiger partial charge in [-0.1, -0.05) is 6.08 Å². The van der Waals surface area contributed by atoms with Gasteiger partial charge in [0.1, 0.15) is 17.6 Å². The quantitative estimate of drug-likeness (QED) is 0.303. The van der Waals surface area contributed by atoms with E-state index in [1.54, 1.807) is 22.8 Å². The van der Waals surface area contributed by atoms with Gasteiger partial charge < -0.3 is 24.4 Å². The largest absolute Gasteiger partial charge is 0.466 e. The molecule has 1 N–H and O–H groups in total. The average molecular weight is 465 g/mol. The summed E-state index contributed by atoms with van der Waals surface area (Å²) in [5.74, 6) is -2.25. The van der Waals surface area contributed by atoms with Gasteiger partial charge in [0.15, 0.2) is 0 Å². The summed E-state index contributed by atoms with van der Waals surface area (Å²) >= 11 is 0. The van der Waals surface area contributed by atoms with E-state index in [0.29, 0.717) is 38.8 Å². The van der Waals surface area contributed by atoms with Crippen LogP contribution < -0.4 is 0 Å². The second-order valence-corrected chi connectivity index (χ2v) is 10.7. The van der Waals surface area contributed by atoms with Crippen molar-refractivity contribution in [3.05, 3.63) is 12.7 Å². The van der Waals surface area contributed by atoms with Crippen LogP contribution in [0.4, 0.5) is 0 Å². The van der Waals surface area contributed by atoms with E-state index in [0.717, 1.165) is 6.42 Å². The average Bonchev–Trinajstić information content (AvgIpc) is 3.29. The highest BCUT2D eigenvalue weighted by Crippen LogP contribution is 2.63. The molecule has 0 saturated carbocycles. The van der Waals surface area contributed by atoms with Crippen LogP contribution in [0.2, 0.25) is 0 Å². The normalized spacial score (nSPS) is 32.7. The molecule has 0 aromatic rings. The Bertz CT molecular complexity index is 792. The molecule has 0 aromatic carbocycles. The maximum atomic E-state index is 14.1. The number of ether oxygens (including phenoxy) is 2. The van der Waals surface area contributed by atoms with Crippen LogP contribution in [0.5, 0.6) is 0 Å². The predicted molar refractivity (Wildman–Crippen MR) is 123 cm³/mol. The zero-order valence-electron chi connectivity index (χ0n) is 20.8. The van der Waals surface area contributed by atoms with E-state index < -0.39 is 40.6 Å². The van der Waals surface area contributed by atoms with E-state index in [9.17, 15) is 14.4 Å². The van der Waals surface area contributed by atoms with Gasteiger partial charge in [-0.15, -0.1) is 6.58 Å². The van der Waals surface area contributed by atoms with Gasteiger partial charge in [-0.05, 0) is 66.7 Å². The maximum absolute atomic E-state index is 14.1. The molecule has 3 aliphatic heterocycles. The van der Waals surface area contributed by atoms with Crippen LogP contribution in [0.1, 0.15) is 66.7 Å². The Kier molecular flexibility index (Phi) is 7.30. The minimum absolute atomic E-state index is 0.0897. The number of fused-ring (bicyclic) bond motifs is 1. The maximum Gasteiger partial charge on any atom is 0.312 e. The topological polar surface area (TPSA) is 96.4 Å². The van der Waals surface area contributed by atoms with E-state index in [1.807, 2.05) is 27.7 Å². The zero-order valence-corrected chi connectivity index (χ0v) is 20.8. The molecular weight excluding hydrogens is 424 g/mol. The molecule has 1 spiro atoms. The molecular formula is C25H40N2O6. The lowest BCUT2D eigenvalue weighted by Crippen LogP contribution is -2.60. The Labute approximate surface area is 197 Å². The second-order valence-electron chi connectivity index (χ2n) is 10.7. The van der Waals surface area contributed by atoms with Gasteiger partial charge in [-0.2, -0.15) is 0 Å². The second kappa shape index (κ2) is 9.37. The minimum Gasteiger partial charge on any atom is -0.466 e. The Morgan fingerprint density at radius 1 is 1.30 bits per heavy atom. The number of nitrogens with zero attached hydrogens (tertiary/aromatic N) is 2. The van der Waals surface area contributed by atoms with Gasteiger partial charge in [0, 0.05) is 25.2 Å². The van der Waals surface area contributed by atoms with Crippen molar-refractivity contribution in [3.8, 4) is 0 Å². The lowest BCUT2D eigenvalue weighted by atomic mass is 9.66. The van der Waals surface area contributed by atoms with Crippen molar-refractivity contribution in [1.29, 1.82) is 0 Å². The first-order valence-corrected chi connectivity index (χ1v) is 12.2. The molecule has 3 aliphatic rings. The number of hydrogen-bond acceptors (Lipinski definition) is 6. The molecule has 186 valence electrons. The highest BCUT2D eigenvalue weighted by atomic mass is 16.6. The summed E-state index contributed by atoms with van der Waals surface area (Å²) in [6.07, 6.45) is 4.88. The van der Waals surface area contributed by atoms with E-state index >= 15 is 0 Å². The molecule has 2 bridgehead atoms. The highest BCUT2D eigenvalue weighted by Gasteiger charge is 2.78. The SMILES string of the molecule is C=CCN(C(=O)C1N(CCCCCO)C(=O)[C@@H]2[C@H](C(=O)OCC)[C@]3(C)CCC12O3)C(C)(C)C. The summed E-state index contributed by atoms with van der Waals surface area (Å²) in [4.78, 5) is 44.3. The summed E-state index contributed by atoms with van der Waals surface area (Å²) in [6.45, 7) is 14.4. The van der Waals surface area contributed by atoms with Crippen molar-refractivity contribution in [2.45, 2.75) is 89.5 Å². The number of rotatable bonds is 10. The van der Waals surface area contributed by atoms with Crippen molar-refractivity contribution in [3.63, 3.8) is 0 Å². The molecule has 8 nitrogen and oxygen atoms in total. The van der Waals surface area contributed by atoms with Crippen LogP contribution in [-0.4, -0.2) is 81.8 Å². The summed E-state index contributed by atoms with van der Waals surface area (Å²) in [5, 5.41) is 9.14. The number of esters is 1. The van der Waals surface area contributed by atoms with Crippen LogP contribution >= 0.6 is 0 Å². The van der Waals surface area contributed by atoms with Crippen LogP contribution in [-0.2, 0) is 23.9 Å². The zero-order chi connectivity index (χ0) is 24.6. The predicted octanol–water partition coefficient (Wildman–Crippen LogP) is 2.29. The molecule has 2 unspecified atom stereocenters. The monoisotopic (exact) mass is 464 g/mol. The number of carbonyl (C=O) groups is 3. The molecule has 0 aromatic heterocycles. The Morgan fingerprint density at radius 3 is 2.58 bits per heavy atom. The fourth-order valence-corrected chi connectivity index (χ4v) is 6.08. The van der Waals surface area contributed by atoms with Crippen LogP contribution in [0.15, 0.2) is 12.7 Å². The van der Waals surface area contributed by atoms with E-state index in [4.69, 9.17) is 14.6 Å². The first kappa shape index (κ1) is 25.7. The number of unbranched alkanes of at least 4 members (excludes halogenated alkanes) is 2. The summed E-state index contributed by atoms with van der Waals surface area (Å²) in [6, 6.07) is -0.801. The lowest BCUT2D eigenvalue weighted by Gasteiger charge is -2.42. The fraction of sp³-hybridized carbons (Fsp3) is 0.800. The van der Waals surface area contributed by atoms with Crippen molar-refractivity contribution in [2.75, 3.05) is 26.3 Å². The van der Waals surface area contributed by atoms with E-state index in [1.165, 1.54) is 0 Å². The summed E-state index contributed by atoms with van der Waals surface area (Å²) in [5.41, 5.74) is -2.34. The lowest BCUT2D eigenvalue weighted by molar-refractivity contribution is -0.160. The van der Waals surface area contributed by atoms with Gasteiger partial charge in [0.2, 0.25) is 11.8 Å². The van der Waals surface area contributed by atoms with Crippen LogP contribution in [0.25, 0.3) is 0 Å². The number of likely N-dealkylation sites (tertiary alicyclic amines) is 1. The Hall–Kier alpha value is -1.93. The van der Waals surface area contributed by atoms with Crippen LogP contribution in [0.3, 0.4) is 0 Å². The third kappa shape index (κ3) is 4.20. The third-order valence-corrected chi connectivity index (χ3v) is 7.50. The smallest absolute Gasteiger partial charge is 0.312 e. The first-order chi connectivity index (χ1) is 15.5. The molecule has 0 radical (unpaired) electrons. The number of amides is 2. The van der Waals surface area contributed by atoms with Crippen molar-refractivity contribution in [2.24, 2.45) is 11.8 Å². The Morgan fingerprint density at radius 2 is 2.00 bits per heavy atom. The van der Waals surface area contributed by atoms with Crippen molar-refractivity contribution < 1.29 is 29.0 Å². The van der Waals surface area contributed by atoms with Crippen molar-refractivity contribution in [1.82, 2.24) is 9.80 Å². The molecule has 5 atom stereocenters. The number of hydrogen-bond donors (Lipinski definition) is 1. The third-order valence-electron chi connectivity index (χ3n) is 7.50. The molecule has 2 amide bonds. The van der Waals surface area contributed by atoms with Gasteiger partial charge >= 0.3 is 5.97 Å². The molecule has 0 aliphatic carbocycles. The number of aliphatic hydroxyl groups excluding tert-OH is 1. The van der Waals surface area contributed by atoms with Gasteiger partial charge in [0.25, 0.3) is 0 Å². The number of aliphatic hydroxyl groups is 1. The fourth-order valence-electron chi connectivity index (χ4n) is 6.08. The molecule has 8 heteroatoms. The van der Waals surface area contributed by atoms with Gasteiger partial charge in [-0.25, -0.2) is 0 Å². The van der Waals surface area contributed by atoms with Gasteiger partial charge in [0.05, 0.1) is 18.1 Å². The molecule has 3 fully saturated rings. The first-order valence-electron chi connectivity index (χ1n) is 12.2. The highest BCUT2D eigenvalue weighted by molar-refractivity contribution is 5.98. The van der Waals surface area contributed by atoms with Gasteiger partial charge in [-0.3, -0.25) is 14.4 Å². The Balaban J connectivity index is 2.04. The molecule has 3 saturated heterocycles. The minimum atomic E-state index is -1.04. The molecule has 3 heterocycles. The molecule has 3 rings (SSSR count). The number of carbonyl (C=O) groups excluding carboxylic acids is 3. The standard InChI is InChI=1S/C25H40N2O6/c1-7-14-27(23(3,4)5)21(30)19-25-13-12-24(6,33-25)18(22(31)32-8-2)17(25)20(29)26(19)15-10-9-11-16-28/h7,17-19,28H,1,8-16H2,2-6H3/t17-,18+,19?,24-,25?/m0/s1.